The summed E-state index contributed by atoms with van der Waals surface area (Å²) < 4.78 is 4.92. The van der Waals surface area contributed by atoms with Crippen molar-refractivity contribution in [1.82, 2.24) is 5.32 Å². The van der Waals surface area contributed by atoms with Crippen LogP contribution in [0.25, 0.3) is 0 Å². The zero-order chi connectivity index (χ0) is 12.7. The molecular weight excluding hydrogens is 258 g/mol. The normalized spacial score (nSPS) is 10.3. The molecular formula is C12H16ClNO2S. The summed E-state index contributed by atoms with van der Waals surface area (Å²) in [6.45, 7) is 1.33. The molecule has 0 saturated carbocycles. The maximum absolute atomic E-state index is 11.8. The molecule has 0 spiro atoms. The van der Waals surface area contributed by atoms with Crippen LogP contribution in [0.4, 0.5) is 0 Å². The number of benzene rings is 1. The Hall–Kier alpha value is -0.710. The molecule has 1 N–H and O–H groups in total. The summed E-state index contributed by atoms with van der Waals surface area (Å²) in [6.07, 6.45) is 1.81. The smallest absolute Gasteiger partial charge is 0.252 e. The second kappa shape index (κ2) is 7.58. The third-order valence-electron chi connectivity index (χ3n) is 2.26. The molecule has 1 aromatic carbocycles. The number of hydrogen-bond donors (Lipinski definition) is 2. The molecule has 1 amide bonds. The number of carbonyl (C=O) groups is 1. The fraction of sp³-hybridized carbons (Fsp3) is 0.417. The monoisotopic (exact) mass is 273 g/mol. The molecule has 17 heavy (non-hydrogen) atoms. The van der Waals surface area contributed by atoms with E-state index in [4.69, 9.17) is 16.3 Å². The number of methoxy groups -OCH3 is 1. The molecule has 0 unspecified atom stereocenters. The zero-order valence-electron chi connectivity index (χ0n) is 9.70. The van der Waals surface area contributed by atoms with Crippen molar-refractivity contribution in [2.75, 3.05) is 20.3 Å². The van der Waals surface area contributed by atoms with Gasteiger partial charge >= 0.3 is 0 Å². The minimum atomic E-state index is -0.164. The van der Waals surface area contributed by atoms with E-state index < -0.39 is 0 Å². The van der Waals surface area contributed by atoms with Gasteiger partial charge in [-0.25, -0.2) is 0 Å². The van der Waals surface area contributed by atoms with Crippen LogP contribution in [0.1, 0.15) is 23.2 Å². The number of unbranched alkanes of at least 4 members (excludes halogenated alkanes) is 1. The van der Waals surface area contributed by atoms with Crippen LogP contribution in [0.15, 0.2) is 23.1 Å². The molecule has 0 atom stereocenters. The Morgan fingerprint density at radius 1 is 1.47 bits per heavy atom. The zero-order valence-corrected chi connectivity index (χ0v) is 11.4. The summed E-state index contributed by atoms with van der Waals surface area (Å²) in [5.74, 6) is -0.164. The van der Waals surface area contributed by atoms with E-state index in [0.717, 1.165) is 17.7 Å². The molecule has 0 radical (unpaired) electrons. The predicted molar refractivity (Wildman–Crippen MR) is 72.1 cm³/mol. The van der Waals surface area contributed by atoms with Gasteiger partial charge in [0.25, 0.3) is 5.91 Å². The maximum atomic E-state index is 11.8. The molecule has 0 bridgehead atoms. The summed E-state index contributed by atoms with van der Waals surface area (Å²) >= 11 is 10.1. The van der Waals surface area contributed by atoms with Gasteiger partial charge in [0.15, 0.2) is 0 Å². The van der Waals surface area contributed by atoms with E-state index in [1.165, 1.54) is 0 Å². The summed E-state index contributed by atoms with van der Waals surface area (Å²) in [5.41, 5.74) is 0.464. The van der Waals surface area contributed by atoms with Crippen molar-refractivity contribution in [2.45, 2.75) is 17.7 Å². The first-order valence-electron chi connectivity index (χ1n) is 5.41. The molecule has 0 aromatic heterocycles. The van der Waals surface area contributed by atoms with Crippen LogP contribution >= 0.6 is 24.2 Å². The van der Waals surface area contributed by atoms with Crippen molar-refractivity contribution in [3.63, 3.8) is 0 Å². The van der Waals surface area contributed by atoms with Crippen LogP contribution < -0.4 is 5.32 Å². The van der Waals surface area contributed by atoms with Gasteiger partial charge in [0.1, 0.15) is 0 Å². The van der Waals surface area contributed by atoms with Gasteiger partial charge in [-0.3, -0.25) is 4.79 Å². The number of ether oxygens (including phenoxy) is 1. The fourth-order valence-corrected chi connectivity index (χ4v) is 1.76. The minimum Gasteiger partial charge on any atom is -0.385 e. The van der Waals surface area contributed by atoms with E-state index in [2.05, 4.69) is 17.9 Å². The third-order valence-corrected chi connectivity index (χ3v) is 2.86. The second-order valence-corrected chi connectivity index (χ2v) is 4.54. The third kappa shape index (κ3) is 4.98. The number of hydrogen-bond acceptors (Lipinski definition) is 3. The van der Waals surface area contributed by atoms with Gasteiger partial charge in [0.05, 0.1) is 10.6 Å². The molecule has 0 aliphatic carbocycles. The highest BCUT2D eigenvalue weighted by Crippen LogP contribution is 2.19. The van der Waals surface area contributed by atoms with Crippen molar-refractivity contribution < 1.29 is 9.53 Å². The number of carbonyl (C=O) groups excluding carboxylic acids is 1. The maximum Gasteiger partial charge on any atom is 0.252 e. The van der Waals surface area contributed by atoms with Gasteiger partial charge in [0, 0.05) is 25.2 Å². The predicted octanol–water partition coefficient (Wildman–Crippen LogP) is 2.79. The molecule has 1 rings (SSSR count). The molecule has 5 heteroatoms. The molecule has 1 aromatic rings. The number of thiol groups is 1. The van der Waals surface area contributed by atoms with Crippen LogP contribution in [-0.4, -0.2) is 26.2 Å². The molecule has 94 valence electrons. The SMILES string of the molecule is COCCCCNC(=O)c1cc(S)ccc1Cl. The van der Waals surface area contributed by atoms with Crippen molar-refractivity contribution >= 4 is 30.1 Å². The van der Waals surface area contributed by atoms with Crippen LogP contribution in [0.5, 0.6) is 0 Å². The molecule has 0 saturated heterocycles. The quantitative estimate of drug-likeness (QED) is 0.618. The Bertz CT molecular complexity index is 385. The van der Waals surface area contributed by atoms with Gasteiger partial charge in [-0.2, -0.15) is 0 Å². The van der Waals surface area contributed by atoms with E-state index in [0.29, 0.717) is 23.7 Å². The lowest BCUT2D eigenvalue weighted by Gasteiger charge is -2.07. The number of nitrogens with one attached hydrogen (secondary N) is 1. The first kappa shape index (κ1) is 14.4. The first-order valence-corrected chi connectivity index (χ1v) is 6.23. The Kier molecular flexibility index (Phi) is 6.40. The van der Waals surface area contributed by atoms with Crippen LogP contribution in [0.2, 0.25) is 5.02 Å². The topological polar surface area (TPSA) is 38.3 Å². The van der Waals surface area contributed by atoms with Gasteiger partial charge in [-0.1, -0.05) is 11.6 Å². The lowest BCUT2D eigenvalue weighted by Crippen LogP contribution is -2.24. The fourth-order valence-electron chi connectivity index (χ4n) is 1.36. The number of halogens is 1. The van der Waals surface area contributed by atoms with Gasteiger partial charge in [-0.05, 0) is 31.0 Å². The van der Waals surface area contributed by atoms with Crippen LogP contribution in [0.3, 0.4) is 0 Å². The van der Waals surface area contributed by atoms with E-state index in [-0.39, 0.29) is 5.91 Å². The molecule has 3 nitrogen and oxygen atoms in total. The van der Waals surface area contributed by atoms with Gasteiger partial charge in [-0.15, -0.1) is 12.6 Å². The molecule has 0 heterocycles. The largest absolute Gasteiger partial charge is 0.385 e. The van der Waals surface area contributed by atoms with Crippen LogP contribution in [-0.2, 0) is 4.74 Å². The standard InChI is InChI=1S/C12H16ClNO2S/c1-16-7-3-2-6-14-12(15)10-8-9(17)4-5-11(10)13/h4-5,8,17H,2-3,6-7H2,1H3,(H,14,15). The minimum absolute atomic E-state index is 0.164. The molecule has 0 aliphatic heterocycles. The van der Waals surface area contributed by atoms with Crippen molar-refractivity contribution in [3.05, 3.63) is 28.8 Å². The summed E-state index contributed by atoms with van der Waals surface area (Å²) in [6, 6.07) is 5.08. The summed E-state index contributed by atoms with van der Waals surface area (Å²) in [5, 5.41) is 3.25. The van der Waals surface area contributed by atoms with E-state index >= 15 is 0 Å². The average molecular weight is 274 g/mol. The highest BCUT2D eigenvalue weighted by molar-refractivity contribution is 7.80. The van der Waals surface area contributed by atoms with Crippen LogP contribution in [0, 0.1) is 0 Å². The summed E-state index contributed by atoms with van der Waals surface area (Å²) in [7, 11) is 1.66. The number of rotatable bonds is 6. The lowest BCUT2D eigenvalue weighted by molar-refractivity contribution is 0.0951. The van der Waals surface area contributed by atoms with E-state index in [1.807, 2.05) is 0 Å². The molecule has 0 fully saturated rings. The van der Waals surface area contributed by atoms with Crippen molar-refractivity contribution in [3.8, 4) is 0 Å². The lowest BCUT2D eigenvalue weighted by atomic mass is 10.2. The Balaban J connectivity index is 2.44. The Morgan fingerprint density at radius 2 is 2.24 bits per heavy atom. The van der Waals surface area contributed by atoms with Crippen molar-refractivity contribution in [2.24, 2.45) is 0 Å². The van der Waals surface area contributed by atoms with E-state index in [9.17, 15) is 4.79 Å². The highest BCUT2D eigenvalue weighted by atomic mass is 35.5. The average Bonchev–Trinajstić information content (AvgIpc) is 2.32. The van der Waals surface area contributed by atoms with Gasteiger partial charge in [0.2, 0.25) is 0 Å². The van der Waals surface area contributed by atoms with Crippen molar-refractivity contribution in [1.29, 1.82) is 0 Å². The Morgan fingerprint density at radius 3 is 2.94 bits per heavy atom. The highest BCUT2D eigenvalue weighted by Gasteiger charge is 2.09. The van der Waals surface area contributed by atoms with E-state index in [1.54, 1.807) is 25.3 Å². The molecule has 0 aliphatic rings. The first-order chi connectivity index (χ1) is 8.15. The second-order valence-electron chi connectivity index (χ2n) is 3.62. The van der Waals surface area contributed by atoms with Gasteiger partial charge < -0.3 is 10.1 Å². The Labute approximate surface area is 112 Å². The number of amides is 1. The summed E-state index contributed by atoms with van der Waals surface area (Å²) in [4.78, 5) is 12.5.